The normalized spacial score (nSPS) is 23.8. The molecule has 0 aromatic rings. The van der Waals surface area contributed by atoms with Gasteiger partial charge in [0.2, 0.25) is 0 Å². The lowest BCUT2D eigenvalue weighted by Gasteiger charge is -2.31. The molecule has 20 heavy (non-hydrogen) atoms. The van der Waals surface area contributed by atoms with E-state index in [1.165, 1.54) is 51.4 Å². The topological polar surface area (TPSA) is 17.1 Å². The fraction of sp³-hybridized carbons (Fsp3) is 0.947. The number of carbonyl (C=O) groups excluding carboxylic acids is 1. The van der Waals surface area contributed by atoms with E-state index in [-0.39, 0.29) is 0 Å². The Labute approximate surface area is 126 Å². The van der Waals surface area contributed by atoms with Crippen LogP contribution in [0.2, 0.25) is 0 Å². The van der Waals surface area contributed by atoms with Crippen molar-refractivity contribution in [1.82, 2.24) is 0 Å². The summed E-state index contributed by atoms with van der Waals surface area (Å²) in [5.41, 5.74) is 0.370. The van der Waals surface area contributed by atoms with Crippen molar-refractivity contribution in [1.29, 1.82) is 0 Å². The van der Waals surface area contributed by atoms with Gasteiger partial charge in [-0.3, -0.25) is 4.79 Å². The molecule has 0 aromatic carbocycles. The molecule has 0 N–H and O–H groups in total. The minimum atomic E-state index is 0.370. The zero-order valence-corrected chi connectivity index (χ0v) is 14.3. The Morgan fingerprint density at radius 3 is 2.30 bits per heavy atom. The fourth-order valence-corrected chi connectivity index (χ4v) is 3.61. The molecular weight excluding hydrogens is 244 g/mol. The molecule has 1 nitrogen and oxygen atoms in total. The van der Waals surface area contributed by atoms with Crippen LogP contribution < -0.4 is 0 Å². The second-order valence-corrected chi connectivity index (χ2v) is 8.10. The highest BCUT2D eigenvalue weighted by atomic mass is 16.1. The van der Waals surface area contributed by atoms with Crippen LogP contribution >= 0.6 is 0 Å². The predicted molar refractivity (Wildman–Crippen MR) is 87.9 cm³/mol. The van der Waals surface area contributed by atoms with Crippen molar-refractivity contribution in [3.63, 3.8) is 0 Å². The molecule has 0 aliphatic heterocycles. The largest absolute Gasteiger partial charge is 0.300 e. The van der Waals surface area contributed by atoms with Crippen LogP contribution in [0.3, 0.4) is 0 Å². The average molecular weight is 280 g/mol. The van der Waals surface area contributed by atoms with Gasteiger partial charge in [0.05, 0.1) is 0 Å². The predicted octanol–water partition coefficient (Wildman–Crippen LogP) is 6.16. The highest BCUT2D eigenvalue weighted by Crippen LogP contribution is 2.36. The lowest BCUT2D eigenvalue weighted by atomic mass is 9.74. The van der Waals surface area contributed by atoms with Gasteiger partial charge >= 0.3 is 0 Å². The van der Waals surface area contributed by atoms with Crippen LogP contribution in [0, 0.1) is 17.3 Å². The summed E-state index contributed by atoms with van der Waals surface area (Å²) in [5, 5.41) is 0. The van der Waals surface area contributed by atoms with Crippen molar-refractivity contribution in [3.05, 3.63) is 0 Å². The summed E-state index contributed by atoms with van der Waals surface area (Å²) in [7, 11) is 0. The molecule has 0 spiro atoms. The van der Waals surface area contributed by atoms with Gasteiger partial charge in [-0.25, -0.2) is 0 Å². The Balaban J connectivity index is 2.30. The van der Waals surface area contributed by atoms with Crippen molar-refractivity contribution < 1.29 is 4.79 Å². The van der Waals surface area contributed by atoms with Crippen molar-refractivity contribution in [3.8, 4) is 0 Å². The van der Waals surface area contributed by atoms with Gasteiger partial charge in [-0.2, -0.15) is 0 Å². The Hall–Kier alpha value is -0.330. The first-order valence-electron chi connectivity index (χ1n) is 8.94. The maximum absolute atomic E-state index is 12.2. The summed E-state index contributed by atoms with van der Waals surface area (Å²) in [6.07, 6.45) is 13.4. The number of carbonyl (C=O) groups is 1. The molecule has 0 saturated heterocycles. The molecule has 0 bridgehead atoms. The van der Waals surface area contributed by atoms with Crippen LogP contribution in [-0.4, -0.2) is 5.78 Å². The average Bonchev–Trinajstić information content (AvgIpc) is 2.36. The number of hydrogen-bond donors (Lipinski definition) is 0. The first-order chi connectivity index (χ1) is 9.42. The Bertz CT molecular complexity index is 274. The van der Waals surface area contributed by atoms with Crippen LogP contribution in [-0.2, 0) is 4.79 Å². The van der Waals surface area contributed by atoms with Gasteiger partial charge in [-0.15, -0.1) is 0 Å². The van der Waals surface area contributed by atoms with Crippen LogP contribution in [0.4, 0.5) is 0 Å². The first-order valence-corrected chi connectivity index (χ1v) is 8.94. The molecule has 2 atom stereocenters. The third-order valence-corrected chi connectivity index (χ3v) is 4.87. The van der Waals surface area contributed by atoms with Crippen molar-refractivity contribution >= 4 is 5.78 Å². The molecule has 0 radical (unpaired) electrons. The molecule has 2 unspecified atom stereocenters. The molecule has 118 valence electrons. The molecule has 0 heterocycles. The fourth-order valence-electron chi connectivity index (χ4n) is 3.61. The lowest BCUT2D eigenvalue weighted by Crippen LogP contribution is -2.22. The number of ketones is 1. The van der Waals surface area contributed by atoms with Gasteiger partial charge in [-0.05, 0) is 36.5 Å². The van der Waals surface area contributed by atoms with E-state index < -0.39 is 0 Å². The summed E-state index contributed by atoms with van der Waals surface area (Å²) in [4.78, 5) is 12.2. The van der Waals surface area contributed by atoms with Crippen molar-refractivity contribution in [2.24, 2.45) is 17.3 Å². The number of unbranched alkanes of at least 4 members (excludes halogenated alkanes) is 1. The quantitative estimate of drug-likeness (QED) is 0.520. The Morgan fingerprint density at radius 2 is 1.70 bits per heavy atom. The highest BCUT2D eigenvalue weighted by Gasteiger charge is 2.26. The summed E-state index contributed by atoms with van der Waals surface area (Å²) in [5.74, 6) is 2.08. The minimum Gasteiger partial charge on any atom is -0.300 e. The molecule has 0 amide bonds. The second kappa shape index (κ2) is 8.85. The van der Waals surface area contributed by atoms with E-state index in [2.05, 4.69) is 27.7 Å². The lowest BCUT2D eigenvalue weighted by molar-refractivity contribution is -0.120. The van der Waals surface area contributed by atoms with Gasteiger partial charge in [-0.1, -0.05) is 66.2 Å². The monoisotopic (exact) mass is 280 g/mol. The van der Waals surface area contributed by atoms with E-state index in [4.69, 9.17) is 0 Å². The zero-order chi connectivity index (χ0) is 15.0. The smallest absolute Gasteiger partial charge is 0.133 e. The number of rotatable bonds is 8. The number of Topliss-reactive ketones (excluding diaryl/α,β-unsaturated/α-hetero) is 1. The Kier molecular flexibility index (Phi) is 7.84. The molecule has 1 aliphatic carbocycles. The molecule has 1 saturated carbocycles. The molecule has 1 aliphatic rings. The van der Waals surface area contributed by atoms with Crippen LogP contribution in [0.25, 0.3) is 0 Å². The zero-order valence-electron chi connectivity index (χ0n) is 14.3. The summed E-state index contributed by atoms with van der Waals surface area (Å²) < 4.78 is 0. The summed E-state index contributed by atoms with van der Waals surface area (Å²) in [6.45, 7) is 9.06. The van der Waals surface area contributed by atoms with Gasteiger partial charge in [0.1, 0.15) is 5.78 Å². The van der Waals surface area contributed by atoms with E-state index in [9.17, 15) is 4.79 Å². The molecule has 1 fully saturated rings. The molecule has 0 aromatic heterocycles. The summed E-state index contributed by atoms with van der Waals surface area (Å²) in [6, 6.07) is 0. The van der Waals surface area contributed by atoms with E-state index in [1.807, 2.05) is 0 Å². The maximum atomic E-state index is 12.2. The molecule has 1 rings (SSSR count). The van der Waals surface area contributed by atoms with Crippen LogP contribution in [0.15, 0.2) is 0 Å². The van der Waals surface area contributed by atoms with Crippen LogP contribution in [0.5, 0.6) is 0 Å². The van der Waals surface area contributed by atoms with E-state index >= 15 is 0 Å². The Morgan fingerprint density at radius 1 is 1.05 bits per heavy atom. The van der Waals surface area contributed by atoms with Gasteiger partial charge in [0.25, 0.3) is 0 Å². The first kappa shape index (κ1) is 17.7. The van der Waals surface area contributed by atoms with Crippen molar-refractivity contribution in [2.45, 2.75) is 98.3 Å². The van der Waals surface area contributed by atoms with Crippen LogP contribution in [0.1, 0.15) is 98.3 Å². The maximum Gasteiger partial charge on any atom is 0.133 e. The third-order valence-electron chi connectivity index (χ3n) is 4.87. The molecule has 1 heteroatoms. The van der Waals surface area contributed by atoms with E-state index in [0.29, 0.717) is 17.1 Å². The SMILES string of the molecule is CCCCC1CCCCC1CC(=O)CCCC(C)(C)C. The number of hydrogen-bond acceptors (Lipinski definition) is 1. The molecular formula is C19H36O. The van der Waals surface area contributed by atoms with E-state index in [0.717, 1.165) is 25.2 Å². The highest BCUT2D eigenvalue weighted by molar-refractivity contribution is 5.78. The van der Waals surface area contributed by atoms with Gasteiger partial charge in [0, 0.05) is 12.8 Å². The minimum absolute atomic E-state index is 0.370. The van der Waals surface area contributed by atoms with Crippen molar-refractivity contribution in [2.75, 3.05) is 0 Å². The third kappa shape index (κ3) is 7.45. The van der Waals surface area contributed by atoms with Gasteiger partial charge in [0.15, 0.2) is 0 Å². The van der Waals surface area contributed by atoms with E-state index in [1.54, 1.807) is 0 Å². The summed E-state index contributed by atoms with van der Waals surface area (Å²) >= 11 is 0. The standard InChI is InChI=1S/C19H36O/c1-5-6-10-16-11-7-8-12-17(16)15-18(20)13-9-14-19(2,3)4/h16-17H,5-15H2,1-4H3. The second-order valence-electron chi connectivity index (χ2n) is 8.10. The van der Waals surface area contributed by atoms with Gasteiger partial charge < -0.3 is 0 Å².